The number of amides is 3. The van der Waals surface area contributed by atoms with Gasteiger partial charge in [0.05, 0.1) is 17.9 Å². The van der Waals surface area contributed by atoms with Gasteiger partial charge in [0.2, 0.25) is 0 Å². The Morgan fingerprint density at radius 2 is 2.14 bits per heavy atom. The van der Waals surface area contributed by atoms with Crippen LogP contribution >= 0.6 is 0 Å². The molecule has 0 spiro atoms. The van der Waals surface area contributed by atoms with Crippen LogP contribution in [0.15, 0.2) is 42.6 Å². The van der Waals surface area contributed by atoms with Crippen molar-refractivity contribution in [3.63, 3.8) is 0 Å². The smallest absolute Gasteiger partial charge is 0.322 e. The number of benzene rings is 1. The highest BCUT2D eigenvalue weighted by molar-refractivity contribution is 5.99. The fraction of sp³-hybridized carbons (Fsp3) is 0.381. The molecule has 7 nitrogen and oxygen atoms in total. The standard InChI is InChI=1S/C21H26N4O3/c1-4-25-18-11-16(8-9-19(18)28-14-20(25)26)23-21(27)24(12-15(2)3)13-17-7-5-6-10-22-17/h5-11,15H,4,12-14H2,1-3H3,(H,23,27). The molecular weight excluding hydrogens is 356 g/mol. The average molecular weight is 382 g/mol. The summed E-state index contributed by atoms with van der Waals surface area (Å²) in [6.45, 7) is 7.67. The molecule has 0 atom stereocenters. The Morgan fingerprint density at radius 1 is 1.32 bits per heavy atom. The van der Waals surface area contributed by atoms with E-state index in [0.29, 0.717) is 42.7 Å². The van der Waals surface area contributed by atoms with Crippen LogP contribution in [0.2, 0.25) is 0 Å². The summed E-state index contributed by atoms with van der Waals surface area (Å²) >= 11 is 0. The van der Waals surface area contributed by atoms with Crippen molar-refractivity contribution in [2.45, 2.75) is 27.3 Å². The minimum Gasteiger partial charge on any atom is -0.482 e. The van der Waals surface area contributed by atoms with Gasteiger partial charge in [0, 0.05) is 25.0 Å². The molecule has 0 saturated carbocycles. The number of likely N-dealkylation sites (N-methyl/N-ethyl adjacent to an activating group) is 1. The first kappa shape index (κ1) is 19.7. The van der Waals surface area contributed by atoms with Gasteiger partial charge in [0.25, 0.3) is 5.91 Å². The van der Waals surface area contributed by atoms with Crippen molar-refractivity contribution < 1.29 is 14.3 Å². The first-order valence-electron chi connectivity index (χ1n) is 9.51. The molecule has 0 fully saturated rings. The van der Waals surface area contributed by atoms with E-state index >= 15 is 0 Å². The number of urea groups is 1. The van der Waals surface area contributed by atoms with Crippen molar-refractivity contribution in [3.8, 4) is 5.75 Å². The second kappa shape index (κ2) is 8.73. The van der Waals surface area contributed by atoms with Crippen LogP contribution in [-0.4, -0.2) is 41.5 Å². The van der Waals surface area contributed by atoms with Crippen LogP contribution in [0.3, 0.4) is 0 Å². The van der Waals surface area contributed by atoms with E-state index in [0.717, 1.165) is 5.69 Å². The summed E-state index contributed by atoms with van der Waals surface area (Å²) in [4.78, 5) is 32.7. The molecule has 1 aliphatic rings. The second-order valence-corrected chi connectivity index (χ2v) is 7.13. The molecule has 3 amide bonds. The molecule has 0 bridgehead atoms. The SMILES string of the molecule is CCN1C(=O)COc2ccc(NC(=O)N(Cc3ccccn3)CC(C)C)cc21. The van der Waals surface area contributed by atoms with E-state index in [1.165, 1.54) is 0 Å². The zero-order valence-electron chi connectivity index (χ0n) is 16.5. The molecule has 1 aromatic heterocycles. The Kier molecular flexibility index (Phi) is 6.13. The number of anilines is 2. The molecule has 3 rings (SSSR count). The number of ether oxygens (including phenoxy) is 1. The Labute approximate surface area is 165 Å². The molecule has 1 aromatic carbocycles. The van der Waals surface area contributed by atoms with Gasteiger partial charge in [0.1, 0.15) is 5.75 Å². The van der Waals surface area contributed by atoms with Crippen molar-refractivity contribution in [1.29, 1.82) is 0 Å². The highest BCUT2D eigenvalue weighted by atomic mass is 16.5. The van der Waals surface area contributed by atoms with Crippen molar-refractivity contribution >= 4 is 23.3 Å². The third-order valence-corrected chi connectivity index (χ3v) is 4.42. The molecule has 7 heteroatoms. The number of pyridine rings is 1. The average Bonchev–Trinajstić information content (AvgIpc) is 2.68. The molecule has 0 radical (unpaired) electrons. The van der Waals surface area contributed by atoms with E-state index in [2.05, 4.69) is 24.1 Å². The second-order valence-electron chi connectivity index (χ2n) is 7.13. The van der Waals surface area contributed by atoms with Crippen LogP contribution in [0.25, 0.3) is 0 Å². The van der Waals surface area contributed by atoms with Crippen molar-refractivity contribution in [2.75, 3.05) is 29.9 Å². The maximum Gasteiger partial charge on any atom is 0.322 e. The van der Waals surface area contributed by atoms with Gasteiger partial charge in [-0.15, -0.1) is 0 Å². The highest BCUT2D eigenvalue weighted by Crippen LogP contribution is 2.34. The van der Waals surface area contributed by atoms with Gasteiger partial charge in [-0.3, -0.25) is 9.78 Å². The van der Waals surface area contributed by atoms with Gasteiger partial charge >= 0.3 is 6.03 Å². The summed E-state index contributed by atoms with van der Waals surface area (Å²) in [5.41, 5.74) is 2.13. The Bertz CT molecular complexity index is 839. The summed E-state index contributed by atoms with van der Waals surface area (Å²) in [5, 5.41) is 2.94. The Balaban J connectivity index is 1.78. The fourth-order valence-corrected chi connectivity index (χ4v) is 3.18. The maximum atomic E-state index is 12.9. The molecule has 0 saturated heterocycles. The largest absolute Gasteiger partial charge is 0.482 e. The number of hydrogen-bond acceptors (Lipinski definition) is 4. The van der Waals surface area contributed by atoms with Crippen LogP contribution in [-0.2, 0) is 11.3 Å². The number of fused-ring (bicyclic) bond motifs is 1. The number of carbonyl (C=O) groups excluding carboxylic acids is 2. The third-order valence-electron chi connectivity index (χ3n) is 4.42. The number of hydrogen-bond donors (Lipinski definition) is 1. The Morgan fingerprint density at radius 3 is 2.82 bits per heavy atom. The van der Waals surface area contributed by atoms with Crippen molar-refractivity contribution in [1.82, 2.24) is 9.88 Å². The fourth-order valence-electron chi connectivity index (χ4n) is 3.18. The van der Waals surface area contributed by atoms with Gasteiger partial charge in [-0.05, 0) is 43.2 Å². The summed E-state index contributed by atoms with van der Waals surface area (Å²) in [7, 11) is 0. The van der Waals surface area contributed by atoms with Gasteiger partial charge in [-0.2, -0.15) is 0 Å². The van der Waals surface area contributed by atoms with Gasteiger partial charge in [0.15, 0.2) is 6.61 Å². The lowest BCUT2D eigenvalue weighted by Crippen LogP contribution is -2.39. The van der Waals surface area contributed by atoms with Gasteiger partial charge in [-0.1, -0.05) is 19.9 Å². The van der Waals surface area contributed by atoms with Gasteiger partial charge in [-0.25, -0.2) is 4.79 Å². The lowest BCUT2D eigenvalue weighted by molar-refractivity contribution is -0.121. The van der Waals surface area contributed by atoms with E-state index in [1.54, 1.807) is 34.2 Å². The summed E-state index contributed by atoms with van der Waals surface area (Å²) in [6, 6.07) is 10.8. The van der Waals surface area contributed by atoms with Crippen LogP contribution in [0.1, 0.15) is 26.5 Å². The number of nitrogens with one attached hydrogen (secondary N) is 1. The molecule has 148 valence electrons. The van der Waals surface area contributed by atoms with E-state index < -0.39 is 0 Å². The van der Waals surface area contributed by atoms with E-state index in [9.17, 15) is 9.59 Å². The zero-order valence-corrected chi connectivity index (χ0v) is 16.5. The lowest BCUT2D eigenvalue weighted by Gasteiger charge is -2.29. The quantitative estimate of drug-likeness (QED) is 0.830. The van der Waals surface area contributed by atoms with E-state index in [1.807, 2.05) is 25.1 Å². The summed E-state index contributed by atoms with van der Waals surface area (Å²) in [5.74, 6) is 0.877. The summed E-state index contributed by atoms with van der Waals surface area (Å²) in [6.07, 6.45) is 1.72. The number of aromatic nitrogens is 1. The number of rotatable bonds is 6. The first-order valence-corrected chi connectivity index (χ1v) is 9.51. The number of carbonyl (C=O) groups is 2. The molecule has 2 aromatic rings. The minimum absolute atomic E-state index is 0.0405. The third kappa shape index (κ3) is 4.60. The van der Waals surface area contributed by atoms with Crippen LogP contribution in [0, 0.1) is 5.92 Å². The van der Waals surface area contributed by atoms with E-state index in [-0.39, 0.29) is 18.5 Å². The molecule has 1 aliphatic heterocycles. The monoisotopic (exact) mass is 382 g/mol. The molecule has 0 unspecified atom stereocenters. The normalized spacial score (nSPS) is 13.1. The molecular formula is C21H26N4O3. The topological polar surface area (TPSA) is 74.8 Å². The first-order chi connectivity index (χ1) is 13.5. The van der Waals surface area contributed by atoms with Crippen LogP contribution < -0.4 is 15.0 Å². The Hall–Kier alpha value is -3.09. The van der Waals surface area contributed by atoms with Crippen LogP contribution in [0.5, 0.6) is 5.75 Å². The molecule has 1 N–H and O–H groups in total. The molecule has 0 aliphatic carbocycles. The predicted molar refractivity (Wildman–Crippen MR) is 108 cm³/mol. The van der Waals surface area contributed by atoms with Gasteiger partial charge < -0.3 is 19.9 Å². The van der Waals surface area contributed by atoms with Crippen molar-refractivity contribution in [3.05, 3.63) is 48.3 Å². The highest BCUT2D eigenvalue weighted by Gasteiger charge is 2.25. The molecule has 28 heavy (non-hydrogen) atoms. The lowest BCUT2D eigenvalue weighted by atomic mass is 10.2. The van der Waals surface area contributed by atoms with Crippen molar-refractivity contribution in [2.24, 2.45) is 5.92 Å². The maximum absolute atomic E-state index is 12.9. The van der Waals surface area contributed by atoms with E-state index in [4.69, 9.17) is 4.74 Å². The van der Waals surface area contributed by atoms with Crippen LogP contribution in [0.4, 0.5) is 16.2 Å². The zero-order chi connectivity index (χ0) is 20.1. The molecule has 2 heterocycles. The number of nitrogens with zero attached hydrogens (tertiary/aromatic N) is 3. The minimum atomic E-state index is -0.203. The predicted octanol–water partition coefficient (Wildman–Crippen LogP) is 3.52. The summed E-state index contributed by atoms with van der Waals surface area (Å²) < 4.78 is 5.48.